The molecular weight excluding hydrogens is 243 g/mol. The standard InChI is InChI=1S/C15H21FN2O/c1-2-17-11-12-7-9-18(10-8-12)15(19)13-3-5-14(16)6-4-13/h3-6,12,17H,2,7-11H2,1H3. The number of likely N-dealkylation sites (tertiary alicyclic amines) is 1. The molecule has 1 amide bonds. The number of amides is 1. The fourth-order valence-corrected chi connectivity index (χ4v) is 2.46. The quantitative estimate of drug-likeness (QED) is 0.905. The van der Waals surface area contributed by atoms with Crippen molar-refractivity contribution >= 4 is 5.91 Å². The van der Waals surface area contributed by atoms with Gasteiger partial charge < -0.3 is 10.2 Å². The van der Waals surface area contributed by atoms with Crippen molar-refractivity contribution in [1.82, 2.24) is 10.2 Å². The van der Waals surface area contributed by atoms with Gasteiger partial charge in [-0.25, -0.2) is 4.39 Å². The predicted octanol–water partition coefficient (Wildman–Crippen LogP) is 2.29. The maximum Gasteiger partial charge on any atom is 0.253 e. The molecule has 1 aliphatic heterocycles. The number of benzene rings is 1. The van der Waals surface area contributed by atoms with Gasteiger partial charge in [0, 0.05) is 18.7 Å². The summed E-state index contributed by atoms with van der Waals surface area (Å²) in [6, 6.07) is 5.79. The van der Waals surface area contributed by atoms with E-state index in [4.69, 9.17) is 0 Å². The fourth-order valence-electron chi connectivity index (χ4n) is 2.46. The second kappa shape index (κ2) is 6.66. The van der Waals surface area contributed by atoms with Crippen LogP contribution >= 0.6 is 0 Å². The van der Waals surface area contributed by atoms with Gasteiger partial charge in [0.2, 0.25) is 0 Å². The predicted molar refractivity (Wildman–Crippen MR) is 73.6 cm³/mol. The fraction of sp³-hybridized carbons (Fsp3) is 0.533. The molecule has 0 spiro atoms. The van der Waals surface area contributed by atoms with Gasteiger partial charge in [-0.15, -0.1) is 0 Å². The topological polar surface area (TPSA) is 32.3 Å². The van der Waals surface area contributed by atoms with Crippen LogP contribution in [0.3, 0.4) is 0 Å². The Morgan fingerprint density at radius 3 is 2.53 bits per heavy atom. The van der Waals surface area contributed by atoms with E-state index in [2.05, 4.69) is 12.2 Å². The number of carbonyl (C=O) groups is 1. The van der Waals surface area contributed by atoms with Crippen LogP contribution in [-0.4, -0.2) is 37.0 Å². The molecule has 1 aromatic rings. The molecular formula is C15H21FN2O. The minimum absolute atomic E-state index is 0.0156. The van der Waals surface area contributed by atoms with Crippen LogP contribution < -0.4 is 5.32 Å². The van der Waals surface area contributed by atoms with E-state index < -0.39 is 0 Å². The molecule has 2 rings (SSSR count). The molecule has 4 heteroatoms. The van der Waals surface area contributed by atoms with Crippen molar-refractivity contribution < 1.29 is 9.18 Å². The second-order valence-electron chi connectivity index (χ2n) is 5.05. The van der Waals surface area contributed by atoms with Crippen LogP contribution in [0.1, 0.15) is 30.1 Å². The lowest BCUT2D eigenvalue weighted by Gasteiger charge is -2.32. The lowest BCUT2D eigenvalue weighted by atomic mass is 9.96. The minimum atomic E-state index is -0.305. The van der Waals surface area contributed by atoms with Crippen molar-refractivity contribution in [2.75, 3.05) is 26.2 Å². The van der Waals surface area contributed by atoms with Gasteiger partial charge >= 0.3 is 0 Å². The van der Waals surface area contributed by atoms with Crippen molar-refractivity contribution in [3.05, 3.63) is 35.6 Å². The van der Waals surface area contributed by atoms with Crippen molar-refractivity contribution in [3.63, 3.8) is 0 Å². The molecule has 0 bridgehead atoms. The van der Waals surface area contributed by atoms with Crippen LogP contribution in [0.2, 0.25) is 0 Å². The van der Waals surface area contributed by atoms with Gasteiger partial charge in [0.1, 0.15) is 5.82 Å². The molecule has 104 valence electrons. The lowest BCUT2D eigenvalue weighted by Crippen LogP contribution is -2.40. The Morgan fingerprint density at radius 2 is 1.95 bits per heavy atom. The Labute approximate surface area is 113 Å². The molecule has 1 aliphatic rings. The molecule has 1 fully saturated rings. The first-order chi connectivity index (χ1) is 9.20. The summed E-state index contributed by atoms with van der Waals surface area (Å²) in [7, 11) is 0. The monoisotopic (exact) mass is 264 g/mol. The van der Waals surface area contributed by atoms with E-state index in [1.165, 1.54) is 12.1 Å². The maximum atomic E-state index is 12.8. The highest BCUT2D eigenvalue weighted by atomic mass is 19.1. The first-order valence-corrected chi connectivity index (χ1v) is 6.96. The molecule has 3 nitrogen and oxygen atoms in total. The highest BCUT2D eigenvalue weighted by Crippen LogP contribution is 2.18. The molecule has 0 aromatic heterocycles. The van der Waals surface area contributed by atoms with Gasteiger partial charge in [0.15, 0.2) is 0 Å². The molecule has 1 N–H and O–H groups in total. The Kier molecular flexibility index (Phi) is 4.91. The van der Waals surface area contributed by atoms with E-state index in [1.807, 2.05) is 4.90 Å². The summed E-state index contributed by atoms with van der Waals surface area (Å²) in [6.45, 7) is 5.73. The smallest absolute Gasteiger partial charge is 0.253 e. The van der Waals surface area contributed by atoms with Crippen LogP contribution in [0.25, 0.3) is 0 Å². The molecule has 1 aromatic carbocycles. The molecule has 1 saturated heterocycles. The normalized spacial score (nSPS) is 16.6. The number of carbonyl (C=O) groups excluding carboxylic acids is 1. The number of hydrogen-bond acceptors (Lipinski definition) is 2. The Bertz CT molecular complexity index is 411. The van der Waals surface area contributed by atoms with Gasteiger partial charge in [0.25, 0.3) is 5.91 Å². The lowest BCUT2D eigenvalue weighted by molar-refractivity contribution is 0.0690. The van der Waals surface area contributed by atoms with Crippen molar-refractivity contribution in [2.24, 2.45) is 5.92 Å². The summed E-state index contributed by atoms with van der Waals surface area (Å²) < 4.78 is 12.8. The first kappa shape index (κ1) is 14.0. The summed E-state index contributed by atoms with van der Waals surface area (Å²) in [5.74, 6) is 0.375. The number of piperidine rings is 1. The molecule has 0 saturated carbocycles. The van der Waals surface area contributed by atoms with Crippen LogP contribution in [0.15, 0.2) is 24.3 Å². The first-order valence-electron chi connectivity index (χ1n) is 6.96. The highest BCUT2D eigenvalue weighted by molar-refractivity contribution is 5.94. The van der Waals surface area contributed by atoms with Crippen LogP contribution in [0, 0.1) is 11.7 Å². The zero-order valence-electron chi connectivity index (χ0n) is 11.4. The van der Waals surface area contributed by atoms with Gasteiger partial charge in [-0.1, -0.05) is 6.92 Å². The van der Waals surface area contributed by atoms with Crippen LogP contribution in [0.4, 0.5) is 4.39 Å². The van der Waals surface area contributed by atoms with E-state index >= 15 is 0 Å². The average molecular weight is 264 g/mol. The summed E-state index contributed by atoms with van der Waals surface area (Å²) in [5.41, 5.74) is 0.575. The third-order valence-electron chi connectivity index (χ3n) is 3.68. The zero-order chi connectivity index (χ0) is 13.7. The second-order valence-corrected chi connectivity index (χ2v) is 5.05. The van der Waals surface area contributed by atoms with Crippen LogP contribution in [0.5, 0.6) is 0 Å². The Hall–Kier alpha value is -1.42. The summed E-state index contributed by atoms with van der Waals surface area (Å²) >= 11 is 0. The van der Waals surface area contributed by atoms with Crippen molar-refractivity contribution in [2.45, 2.75) is 19.8 Å². The minimum Gasteiger partial charge on any atom is -0.339 e. The van der Waals surface area contributed by atoms with E-state index in [1.54, 1.807) is 12.1 Å². The third-order valence-corrected chi connectivity index (χ3v) is 3.68. The zero-order valence-corrected chi connectivity index (χ0v) is 11.4. The summed E-state index contributed by atoms with van der Waals surface area (Å²) in [4.78, 5) is 14.1. The number of nitrogens with one attached hydrogen (secondary N) is 1. The summed E-state index contributed by atoms with van der Waals surface area (Å²) in [5, 5.41) is 3.35. The highest BCUT2D eigenvalue weighted by Gasteiger charge is 2.23. The summed E-state index contributed by atoms with van der Waals surface area (Å²) in [6.07, 6.45) is 2.08. The number of hydrogen-bond donors (Lipinski definition) is 1. The molecule has 19 heavy (non-hydrogen) atoms. The number of halogens is 1. The largest absolute Gasteiger partial charge is 0.339 e. The van der Waals surface area contributed by atoms with E-state index in [-0.39, 0.29) is 11.7 Å². The van der Waals surface area contributed by atoms with E-state index in [0.717, 1.165) is 39.0 Å². The van der Waals surface area contributed by atoms with Gasteiger partial charge in [-0.2, -0.15) is 0 Å². The average Bonchev–Trinajstić information content (AvgIpc) is 2.46. The molecule has 1 heterocycles. The van der Waals surface area contributed by atoms with E-state index in [9.17, 15) is 9.18 Å². The number of nitrogens with zero attached hydrogens (tertiary/aromatic N) is 1. The third kappa shape index (κ3) is 3.77. The Morgan fingerprint density at radius 1 is 1.32 bits per heavy atom. The molecule has 0 radical (unpaired) electrons. The van der Waals surface area contributed by atoms with E-state index in [0.29, 0.717) is 11.5 Å². The van der Waals surface area contributed by atoms with Crippen molar-refractivity contribution in [1.29, 1.82) is 0 Å². The maximum absolute atomic E-state index is 12.8. The van der Waals surface area contributed by atoms with Crippen LogP contribution in [-0.2, 0) is 0 Å². The van der Waals surface area contributed by atoms with Crippen molar-refractivity contribution in [3.8, 4) is 0 Å². The molecule has 0 unspecified atom stereocenters. The molecule has 0 aliphatic carbocycles. The SMILES string of the molecule is CCNCC1CCN(C(=O)c2ccc(F)cc2)CC1. The van der Waals surface area contributed by atoms with Gasteiger partial charge in [-0.05, 0) is 56.1 Å². The van der Waals surface area contributed by atoms with Gasteiger partial charge in [0.05, 0.1) is 0 Å². The molecule has 0 atom stereocenters. The Balaban J connectivity index is 1.87. The van der Waals surface area contributed by atoms with Gasteiger partial charge in [-0.3, -0.25) is 4.79 Å². The number of rotatable bonds is 4.